The number of carboxylic acid groups (broad SMARTS) is 1. The number of nitrogens with two attached hydrogens (primary N) is 1. The lowest BCUT2D eigenvalue weighted by atomic mass is 9.97. The van der Waals surface area contributed by atoms with E-state index >= 15 is 0 Å². The van der Waals surface area contributed by atoms with Gasteiger partial charge in [0.05, 0.1) is 18.1 Å². The van der Waals surface area contributed by atoms with Gasteiger partial charge in [-0.25, -0.2) is 0 Å². The Hall–Kier alpha value is -0.610. The van der Waals surface area contributed by atoms with Crippen molar-refractivity contribution in [1.82, 2.24) is 0 Å². The van der Waals surface area contributed by atoms with Crippen LogP contribution in [0.2, 0.25) is 0 Å². The third kappa shape index (κ3) is 3.27. The quantitative estimate of drug-likeness (QED) is 0.695. The Morgan fingerprint density at radius 1 is 1.64 bits per heavy atom. The van der Waals surface area contributed by atoms with Gasteiger partial charge in [-0.3, -0.25) is 4.79 Å². The first-order valence-corrected chi connectivity index (χ1v) is 5.21. The molecule has 0 saturated carbocycles. The van der Waals surface area contributed by atoms with E-state index in [9.17, 15) is 4.79 Å². The summed E-state index contributed by atoms with van der Waals surface area (Å²) in [4.78, 5) is 10.8. The van der Waals surface area contributed by atoms with Gasteiger partial charge >= 0.3 is 5.97 Å². The van der Waals surface area contributed by atoms with Crippen LogP contribution in [0.5, 0.6) is 0 Å². The Labute approximate surface area is 84.4 Å². The molecule has 3 unspecified atom stereocenters. The van der Waals surface area contributed by atoms with Gasteiger partial charge in [0.15, 0.2) is 0 Å². The second-order valence-electron chi connectivity index (χ2n) is 3.99. The molecule has 0 aromatic heterocycles. The summed E-state index contributed by atoms with van der Waals surface area (Å²) < 4.78 is 5.58. The van der Waals surface area contributed by atoms with Crippen molar-refractivity contribution < 1.29 is 14.6 Å². The monoisotopic (exact) mass is 201 g/mol. The molecule has 0 amide bonds. The SMILES string of the molecule is CC1CCC(CC(CCN)C(=O)O)O1. The van der Waals surface area contributed by atoms with Crippen molar-refractivity contribution in [2.75, 3.05) is 6.54 Å². The first-order chi connectivity index (χ1) is 6.63. The molecule has 0 spiro atoms. The first kappa shape index (κ1) is 11.5. The molecule has 82 valence electrons. The van der Waals surface area contributed by atoms with Crippen LogP contribution in [-0.4, -0.2) is 29.8 Å². The van der Waals surface area contributed by atoms with E-state index in [1.54, 1.807) is 0 Å². The highest BCUT2D eigenvalue weighted by Crippen LogP contribution is 2.25. The van der Waals surface area contributed by atoms with E-state index in [0.717, 1.165) is 12.8 Å². The molecule has 3 atom stereocenters. The van der Waals surface area contributed by atoms with E-state index < -0.39 is 5.97 Å². The van der Waals surface area contributed by atoms with Crippen molar-refractivity contribution in [3.63, 3.8) is 0 Å². The van der Waals surface area contributed by atoms with Crippen molar-refractivity contribution >= 4 is 5.97 Å². The van der Waals surface area contributed by atoms with Gasteiger partial charge in [0.1, 0.15) is 0 Å². The number of carbonyl (C=O) groups is 1. The van der Waals surface area contributed by atoms with Gasteiger partial charge in [-0.05, 0) is 39.2 Å². The van der Waals surface area contributed by atoms with Crippen LogP contribution in [0.3, 0.4) is 0 Å². The summed E-state index contributed by atoms with van der Waals surface area (Å²) in [5, 5.41) is 8.92. The number of aliphatic carboxylic acids is 1. The minimum atomic E-state index is -0.751. The van der Waals surface area contributed by atoms with Gasteiger partial charge in [0.25, 0.3) is 0 Å². The fraction of sp³-hybridized carbons (Fsp3) is 0.900. The highest BCUT2D eigenvalue weighted by molar-refractivity contribution is 5.69. The van der Waals surface area contributed by atoms with E-state index in [2.05, 4.69) is 0 Å². The molecule has 4 heteroatoms. The fourth-order valence-corrected chi connectivity index (χ4v) is 1.92. The van der Waals surface area contributed by atoms with Crippen LogP contribution in [-0.2, 0) is 9.53 Å². The van der Waals surface area contributed by atoms with Gasteiger partial charge in [-0.15, -0.1) is 0 Å². The maximum atomic E-state index is 10.8. The van der Waals surface area contributed by atoms with Crippen LogP contribution in [0.1, 0.15) is 32.6 Å². The van der Waals surface area contributed by atoms with Crippen molar-refractivity contribution in [2.45, 2.75) is 44.8 Å². The molecule has 3 N–H and O–H groups in total. The zero-order valence-electron chi connectivity index (χ0n) is 8.61. The van der Waals surface area contributed by atoms with Crippen molar-refractivity contribution in [3.8, 4) is 0 Å². The van der Waals surface area contributed by atoms with Gasteiger partial charge in [0.2, 0.25) is 0 Å². The predicted molar refractivity (Wildman–Crippen MR) is 53.0 cm³/mol. The summed E-state index contributed by atoms with van der Waals surface area (Å²) in [6.45, 7) is 2.46. The van der Waals surface area contributed by atoms with Crippen LogP contribution >= 0.6 is 0 Å². The third-order valence-electron chi connectivity index (χ3n) is 2.73. The lowest BCUT2D eigenvalue weighted by molar-refractivity contribution is -0.143. The summed E-state index contributed by atoms with van der Waals surface area (Å²) in [6, 6.07) is 0. The topological polar surface area (TPSA) is 72.6 Å². The number of ether oxygens (including phenoxy) is 1. The van der Waals surface area contributed by atoms with E-state index in [1.165, 1.54) is 0 Å². The maximum Gasteiger partial charge on any atom is 0.306 e. The zero-order valence-corrected chi connectivity index (χ0v) is 8.61. The summed E-state index contributed by atoms with van der Waals surface area (Å²) in [5.74, 6) is -1.09. The molecule has 1 fully saturated rings. The molecule has 0 aromatic rings. The molecule has 1 rings (SSSR count). The van der Waals surface area contributed by atoms with Crippen LogP contribution in [0.15, 0.2) is 0 Å². The molecular weight excluding hydrogens is 182 g/mol. The second kappa shape index (κ2) is 5.32. The standard InChI is InChI=1S/C10H19NO3/c1-7-2-3-9(14-7)6-8(4-5-11)10(12)13/h7-9H,2-6,11H2,1H3,(H,12,13). The summed E-state index contributed by atoms with van der Waals surface area (Å²) in [6.07, 6.45) is 3.58. The Bertz CT molecular complexity index is 196. The molecule has 1 aliphatic rings. The van der Waals surface area contributed by atoms with E-state index in [4.69, 9.17) is 15.6 Å². The van der Waals surface area contributed by atoms with E-state index in [-0.39, 0.29) is 18.1 Å². The molecule has 0 aliphatic carbocycles. The van der Waals surface area contributed by atoms with Gasteiger partial charge in [-0.2, -0.15) is 0 Å². The maximum absolute atomic E-state index is 10.8. The largest absolute Gasteiger partial charge is 0.481 e. The van der Waals surface area contributed by atoms with E-state index in [0.29, 0.717) is 19.4 Å². The van der Waals surface area contributed by atoms with Gasteiger partial charge in [0, 0.05) is 0 Å². The summed E-state index contributed by atoms with van der Waals surface area (Å²) in [7, 11) is 0. The number of hydrogen-bond donors (Lipinski definition) is 2. The molecule has 1 saturated heterocycles. The summed E-state index contributed by atoms with van der Waals surface area (Å²) >= 11 is 0. The highest BCUT2D eigenvalue weighted by atomic mass is 16.5. The molecule has 14 heavy (non-hydrogen) atoms. The number of rotatable bonds is 5. The minimum Gasteiger partial charge on any atom is -0.481 e. The number of hydrogen-bond acceptors (Lipinski definition) is 3. The molecule has 1 heterocycles. The second-order valence-corrected chi connectivity index (χ2v) is 3.99. The van der Waals surface area contributed by atoms with Crippen LogP contribution in [0.25, 0.3) is 0 Å². The van der Waals surface area contributed by atoms with E-state index in [1.807, 2.05) is 6.92 Å². The normalized spacial score (nSPS) is 29.0. The van der Waals surface area contributed by atoms with Crippen molar-refractivity contribution in [2.24, 2.45) is 11.7 Å². The molecule has 4 nitrogen and oxygen atoms in total. The van der Waals surface area contributed by atoms with Gasteiger partial charge < -0.3 is 15.6 Å². The molecule has 1 aliphatic heterocycles. The Balaban J connectivity index is 2.35. The summed E-state index contributed by atoms with van der Waals surface area (Å²) in [5.41, 5.74) is 5.36. The highest BCUT2D eigenvalue weighted by Gasteiger charge is 2.27. The van der Waals surface area contributed by atoms with Gasteiger partial charge in [-0.1, -0.05) is 0 Å². The zero-order chi connectivity index (χ0) is 10.6. The van der Waals surface area contributed by atoms with Crippen molar-refractivity contribution in [3.05, 3.63) is 0 Å². The average molecular weight is 201 g/mol. The molecule has 0 aromatic carbocycles. The van der Waals surface area contributed by atoms with Crippen LogP contribution in [0.4, 0.5) is 0 Å². The lowest BCUT2D eigenvalue weighted by Crippen LogP contribution is -2.23. The van der Waals surface area contributed by atoms with Crippen LogP contribution < -0.4 is 5.73 Å². The number of carboxylic acids is 1. The van der Waals surface area contributed by atoms with Crippen molar-refractivity contribution in [1.29, 1.82) is 0 Å². The molecule has 0 bridgehead atoms. The third-order valence-corrected chi connectivity index (χ3v) is 2.73. The molecular formula is C10H19NO3. The predicted octanol–water partition coefficient (Wildman–Crippen LogP) is 0.994. The smallest absolute Gasteiger partial charge is 0.306 e. The first-order valence-electron chi connectivity index (χ1n) is 5.21. The average Bonchev–Trinajstić information content (AvgIpc) is 2.50. The Morgan fingerprint density at radius 3 is 2.79 bits per heavy atom. The Kier molecular flexibility index (Phi) is 4.35. The minimum absolute atomic E-state index is 0.123. The fourth-order valence-electron chi connectivity index (χ4n) is 1.92. The van der Waals surface area contributed by atoms with Crippen LogP contribution in [0, 0.1) is 5.92 Å². The Morgan fingerprint density at radius 2 is 2.36 bits per heavy atom. The molecule has 0 radical (unpaired) electrons. The lowest BCUT2D eigenvalue weighted by Gasteiger charge is -2.16.